The van der Waals surface area contributed by atoms with Crippen LogP contribution in [-0.2, 0) is 14.3 Å². The number of hydrogen-bond donors (Lipinski definition) is 3. The number of aliphatic carboxylic acids is 1. The first kappa shape index (κ1) is 24.8. The second-order valence-electron chi connectivity index (χ2n) is 10.6. The molecule has 1 saturated carbocycles. The molecule has 1 unspecified atom stereocenters. The maximum Gasteiger partial charge on any atom is 0.407 e. The second kappa shape index (κ2) is 9.36. The Hall–Kier alpha value is -3.35. The summed E-state index contributed by atoms with van der Waals surface area (Å²) in [5.41, 5.74) is 2.30. The van der Waals surface area contributed by atoms with Gasteiger partial charge in [0.2, 0.25) is 5.91 Å². The number of amides is 2. The summed E-state index contributed by atoms with van der Waals surface area (Å²) < 4.78 is 5.69. The van der Waals surface area contributed by atoms with E-state index in [0.29, 0.717) is 12.8 Å². The molecule has 2 amide bonds. The molecule has 0 bridgehead atoms. The Labute approximate surface area is 206 Å². The third kappa shape index (κ3) is 4.51. The number of carboxylic acids is 1. The van der Waals surface area contributed by atoms with Crippen molar-refractivity contribution in [2.24, 2.45) is 11.3 Å². The molecular formula is C28H34N2O5. The zero-order chi connectivity index (χ0) is 25.4. The molecule has 0 saturated heterocycles. The van der Waals surface area contributed by atoms with Crippen molar-refractivity contribution in [3.63, 3.8) is 0 Å². The van der Waals surface area contributed by atoms with Gasteiger partial charge in [0.25, 0.3) is 0 Å². The molecule has 0 aliphatic heterocycles. The molecule has 0 heterocycles. The van der Waals surface area contributed by atoms with Crippen molar-refractivity contribution in [2.45, 2.75) is 64.5 Å². The highest BCUT2D eigenvalue weighted by atomic mass is 16.5. The number of benzene rings is 2. The topological polar surface area (TPSA) is 105 Å². The third-order valence-electron chi connectivity index (χ3n) is 7.62. The zero-order valence-corrected chi connectivity index (χ0v) is 20.8. The standard InChI is InChI=1S/C28H34N2O5/c1-17(2)23(27(3,4)24(31)30-28(25(32)33)14-9-15-28)29-26(34)35-16-22-20-12-7-5-10-18(20)19-11-6-8-13-21(19)22/h5-8,10-13,17,22-23H,9,14-16H2,1-4H3,(H,29,34)(H,30,31)(H,32,33). The number of carboxylic acid groups (broad SMARTS) is 1. The molecule has 0 spiro atoms. The van der Waals surface area contributed by atoms with Gasteiger partial charge >= 0.3 is 12.1 Å². The minimum absolute atomic E-state index is 0.0593. The Bertz CT molecular complexity index is 1090. The van der Waals surface area contributed by atoms with Crippen molar-refractivity contribution in [1.29, 1.82) is 0 Å². The monoisotopic (exact) mass is 478 g/mol. The van der Waals surface area contributed by atoms with E-state index in [-0.39, 0.29) is 18.4 Å². The minimum Gasteiger partial charge on any atom is -0.480 e. The van der Waals surface area contributed by atoms with Crippen LogP contribution in [0.3, 0.4) is 0 Å². The summed E-state index contributed by atoms with van der Waals surface area (Å²) in [4.78, 5) is 37.8. The van der Waals surface area contributed by atoms with E-state index >= 15 is 0 Å². The summed E-state index contributed by atoms with van der Waals surface area (Å²) in [5, 5.41) is 15.2. The van der Waals surface area contributed by atoms with Crippen molar-refractivity contribution in [1.82, 2.24) is 10.6 Å². The first-order valence-corrected chi connectivity index (χ1v) is 12.2. The first-order valence-electron chi connectivity index (χ1n) is 12.2. The molecule has 4 rings (SSSR count). The van der Waals surface area contributed by atoms with Crippen molar-refractivity contribution >= 4 is 18.0 Å². The average Bonchev–Trinajstić information content (AvgIpc) is 3.11. The molecule has 1 fully saturated rings. The Morgan fingerprint density at radius 1 is 1.03 bits per heavy atom. The van der Waals surface area contributed by atoms with Crippen molar-refractivity contribution in [3.8, 4) is 11.1 Å². The van der Waals surface area contributed by atoms with Gasteiger partial charge in [-0.15, -0.1) is 0 Å². The molecular weight excluding hydrogens is 444 g/mol. The number of fused-ring (bicyclic) bond motifs is 3. The summed E-state index contributed by atoms with van der Waals surface area (Å²) in [5.74, 6) is -1.55. The minimum atomic E-state index is -1.21. The molecule has 7 heteroatoms. The van der Waals surface area contributed by atoms with Gasteiger partial charge in [-0.1, -0.05) is 62.4 Å². The van der Waals surface area contributed by atoms with Gasteiger partial charge in [0.1, 0.15) is 12.1 Å². The molecule has 7 nitrogen and oxygen atoms in total. The number of carbonyl (C=O) groups is 3. The lowest BCUT2D eigenvalue weighted by atomic mass is 9.73. The van der Waals surface area contributed by atoms with E-state index in [4.69, 9.17) is 4.74 Å². The quantitative estimate of drug-likeness (QED) is 0.510. The van der Waals surface area contributed by atoms with Gasteiger partial charge in [0, 0.05) is 12.0 Å². The van der Waals surface area contributed by atoms with Gasteiger partial charge in [-0.05, 0) is 61.3 Å². The molecule has 2 aliphatic rings. The lowest BCUT2D eigenvalue weighted by molar-refractivity contribution is -0.154. The lowest BCUT2D eigenvalue weighted by Crippen LogP contribution is -2.64. The second-order valence-corrected chi connectivity index (χ2v) is 10.6. The van der Waals surface area contributed by atoms with E-state index in [1.54, 1.807) is 13.8 Å². The fraction of sp³-hybridized carbons (Fsp3) is 0.464. The van der Waals surface area contributed by atoms with Crippen LogP contribution in [-0.4, -0.2) is 41.3 Å². The maximum atomic E-state index is 13.2. The summed E-state index contributed by atoms with van der Waals surface area (Å²) in [6, 6.07) is 15.7. The van der Waals surface area contributed by atoms with Crippen LogP contribution < -0.4 is 10.6 Å². The largest absolute Gasteiger partial charge is 0.480 e. The van der Waals surface area contributed by atoms with Gasteiger partial charge in [-0.2, -0.15) is 0 Å². The molecule has 186 valence electrons. The van der Waals surface area contributed by atoms with E-state index in [1.807, 2.05) is 38.1 Å². The van der Waals surface area contributed by atoms with Crippen LogP contribution >= 0.6 is 0 Å². The van der Waals surface area contributed by atoms with Crippen LogP contribution in [0, 0.1) is 11.3 Å². The average molecular weight is 479 g/mol. The molecule has 2 aromatic carbocycles. The van der Waals surface area contributed by atoms with E-state index in [0.717, 1.165) is 28.7 Å². The summed E-state index contributed by atoms with van der Waals surface area (Å²) in [6.45, 7) is 7.47. The predicted molar refractivity (Wildman–Crippen MR) is 133 cm³/mol. The van der Waals surface area contributed by atoms with Gasteiger partial charge in [0.15, 0.2) is 0 Å². The fourth-order valence-electron chi connectivity index (χ4n) is 5.39. The number of carbonyl (C=O) groups excluding carboxylic acids is 2. The number of ether oxygens (including phenoxy) is 1. The highest BCUT2D eigenvalue weighted by molar-refractivity contribution is 5.91. The zero-order valence-electron chi connectivity index (χ0n) is 20.8. The summed E-state index contributed by atoms with van der Waals surface area (Å²) >= 11 is 0. The van der Waals surface area contributed by atoms with Gasteiger partial charge in [-0.25, -0.2) is 9.59 Å². The van der Waals surface area contributed by atoms with Crippen LogP contribution in [0.4, 0.5) is 4.79 Å². The number of hydrogen-bond acceptors (Lipinski definition) is 4. The highest BCUT2D eigenvalue weighted by Crippen LogP contribution is 2.44. The molecule has 1 atom stereocenters. The van der Waals surface area contributed by atoms with Crippen LogP contribution in [0.25, 0.3) is 11.1 Å². The summed E-state index contributed by atoms with van der Waals surface area (Å²) in [7, 11) is 0. The van der Waals surface area contributed by atoms with E-state index < -0.39 is 35.0 Å². The molecule has 0 radical (unpaired) electrons. The number of alkyl carbamates (subject to hydrolysis) is 1. The Morgan fingerprint density at radius 2 is 1.57 bits per heavy atom. The molecule has 35 heavy (non-hydrogen) atoms. The van der Waals surface area contributed by atoms with Crippen molar-refractivity contribution in [3.05, 3.63) is 59.7 Å². The van der Waals surface area contributed by atoms with E-state index in [2.05, 4.69) is 34.9 Å². The first-order chi connectivity index (χ1) is 16.6. The normalized spacial score (nSPS) is 17.1. The Balaban J connectivity index is 1.44. The van der Waals surface area contributed by atoms with Gasteiger partial charge in [-0.3, -0.25) is 4.79 Å². The summed E-state index contributed by atoms with van der Waals surface area (Å²) in [6.07, 6.45) is 0.994. The Kier molecular flexibility index (Phi) is 6.62. The van der Waals surface area contributed by atoms with Crippen LogP contribution in [0.15, 0.2) is 48.5 Å². The molecule has 0 aromatic heterocycles. The van der Waals surface area contributed by atoms with Crippen LogP contribution in [0.1, 0.15) is 64.0 Å². The fourth-order valence-corrected chi connectivity index (χ4v) is 5.39. The smallest absolute Gasteiger partial charge is 0.407 e. The van der Waals surface area contributed by atoms with Gasteiger partial charge in [0.05, 0.1) is 5.41 Å². The van der Waals surface area contributed by atoms with E-state index in [1.165, 1.54) is 0 Å². The van der Waals surface area contributed by atoms with Crippen LogP contribution in [0.5, 0.6) is 0 Å². The third-order valence-corrected chi connectivity index (χ3v) is 7.62. The Morgan fingerprint density at radius 3 is 2.03 bits per heavy atom. The molecule has 2 aliphatic carbocycles. The number of nitrogens with one attached hydrogen (secondary N) is 2. The van der Waals surface area contributed by atoms with Gasteiger partial charge < -0.3 is 20.5 Å². The van der Waals surface area contributed by atoms with Crippen molar-refractivity contribution in [2.75, 3.05) is 6.61 Å². The molecule has 2 aromatic rings. The SMILES string of the molecule is CC(C)C(NC(=O)OCC1c2ccccc2-c2ccccc21)C(C)(C)C(=O)NC1(C(=O)O)CCC1. The number of rotatable bonds is 8. The van der Waals surface area contributed by atoms with Crippen molar-refractivity contribution < 1.29 is 24.2 Å². The highest BCUT2D eigenvalue weighted by Gasteiger charge is 2.49. The molecule has 3 N–H and O–H groups in total. The predicted octanol–water partition coefficient (Wildman–Crippen LogP) is 4.70. The van der Waals surface area contributed by atoms with Crippen LogP contribution in [0.2, 0.25) is 0 Å². The lowest BCUT2D eigenvalue weighted by Gasteiger charge is -2.43. The maximum absolute atomic E-state index is 13.2. The van der Waals surface area contributed by atoms with E-state index in [9.17, 15) is 19.5 Å².